The predicted molar refractivity (Wildman–Crippen MR) is 60.0 cm³/mol. The van der Waals surface area contributed by atoms with Crippen LogP contribution < -0.4 is 0 Å². The van der Waals surface area contributed by atoms with Gasteiger partial charge in [-0.2, -0.15) is 23.7 Å². The van der Waals surface area contributed by atoms with Crippen molar-refractivity contribution < 1.29 is 18.1 Å². The van der Waals surface area contributed by atoms with Crippen LogP contribution in [0.25, 0.3) is 0 Å². The lowest BCUT2D eigenvalue weighted by Gasteiger charge is -2.19. The van der Waals surface area contributed by atoms with Gasteiger partial charge in [0, 0.05) is 18.7 Å². The molecule has 0 fully saturated rings. The van der Waals surface area contributed by atoms with Crippen molar-refractivity contribution in [3.8, 4) is 12.1 Å². The maximum atomic E-state index is 12.2. The third kappa shape index (κ3) is 3.99. The lowest BCUT2D eigenvalue weighted by atomic mass is 9.86. The Bertz CT molecular complexity index is 566. The summed E-state index contributed by atoms with van der Waals surface area (Å²) in [4.78, 5) is 9.82. The van der Waals surface area contributed by atoms with E-state index in [1.54, 1.807) is 12.1 Å². The molecule has 0 N–H and O–H groups in total. The monoisotopic (exact) mass is 286 g/mol. The number of hydrogen-bond donors (Lipinski definition) is 0. The van der Waals surface area contributed by atoms with Crippen molar-refractivity contribution in [1.82, 2.24) is 4.57 Å². The molecule has 0 radical (unpaired) electrons. The summed E-state index contributed by atoms with van der Waals surface area (Å²) in [5.74, 6) is 0. The SMILES string of the molecule is N#CC(C#N)(CCC(F)(F)F)Cn1ccc([N+](=O)[O-])c1. The van der Waals surface area contributed by atoms with Crippen LogP contribution in [0.3, 0.4) is 0 Å². The van der Waals surface area contributed by atoms with Crippen LogP contribution >= 0.6 is 0 Å². The van der Waals surface area contributed by atoms with Gasteiger partial charge in [0.05, 0.1) is 29.8 Å². The molecule has 0 aliphatic heterocycles. The van der Waals surface area contributed by atoms with Gasteiger partial charge in [-0.15, -0.1) is 0 Å². The highest BCUT2D eigenvalue weighted by atomic mass is 19.4. The van der Waals surface area contributed by atoms with Crippen molar-refractivity contribution in [2.75, 3.05) is 0 Å². The van der Waals surface area contributed by atoms with Gasteiger partial charge in [-0.25, -0.2) is 0 Å². The number of alkyl halides is 3. The molecule has 0 amide bonds. The number of rotatable bonds is 5. The highest BCUT2D eigenvalue weighted by Crippen LogP contribution is 2.32. The second-order valence-corrected chi connectivity index (χ2v) is 4.22. The topological polar surface area (TPSA) is 95.7 Å². The first-order valence-electron chi connectivity index (χ1n) is 5.41. The summed E-state index contributed by atoms with van der Waals surface area (Å²) in [5.41, 5.74) is -2.13. The first-order valence-corrected chi connectivity index (χ1v) is 5.41. The second-order valence-electron chi connectivity index (χ2n) is 4.22. The molecule has 9 heteroatoms. The van der Waals surface area contributed by atoms with E-state index in [9.17, 15) is 23.3 Å². The van der Waals surface area contributed by atoms with E-state index in [1.165, 1.54) is 10.8 Å². The van der Waals surface area contributed by atoms with E-state index in [4.69, 9.17) is 10.5 Å². The molecule has 0 aliphatic rings. The molecule has 106 valence electrons. The fourth-order valence-electron chi connectivity index (χ4n) is 1.59. The molecule has 0 saturated carbocycles. The summed E-state index contributed by atoms with van der Waals surface area (Å²) in [6.07, 6.45) is -4.11. The Morgan fingerprint density at radius 3 is 2.30 bits per heavy atom. The van der Waals surface area contributed by atoms with Crippen LogP contribution in [-0.4, -0.2) is 15.7 Å². The quantitative estimate of drug-likeness (QED) is 0.614. The second kappa shape index (κ2) is 5.61. The van der Waals surface area contributed by atoms with Crippen LogP contribution in [0.15, 0.2) is 18.5 Å². The zero-order valence-corrected chi connectivity index (χ0v) is 10.1. The molecule has 0 saturated heterocycles. The van der Waals surface area contributed by atoms with E-state index in [0.717, 1.165) is 12.3 Å². The maximum absolute atomic E-state index is 12.2. The van der Waals surface area contributed by atoms with Crippen LogP contribution in [0.4, 0.5) is 18.9 Å². The van der Waals surface area contributed by atoms with Gasteiger partial charge in [-0.3, -0.25) is 10.1 Å². The largest absolute Gasteiger partial charge is 0.389 e. The molecule has 0 spiro atoms. The van der Waals surface area contributed by atoms with E-state index in [-0.39, 0.29) is 12.2 Å². The zero-order chi connectivity index (χ0) is 15.4. The van der Waals surface area contributed by atoms with E-state index < -0.39 is 29.4 Å². The smallest absolute Gasteiger partial charge is 0.345 e. The van der Waals surface area contributed by atoms with Crippen molar-refractivity contribution in [2.45, 2.75) is 25.6 Å². The van der Waals surface area contributed by atoms with Crippen LogP contribution in [0, 0.1) is 38.2 Å². The number of nitriles is 2. The molecule has 20 heavy (non-hydrogen) atoms. The average Bonchev–Trinajstić information content (AvgIpc) is 2.82. The molecule has 1 heterocycles. The molecule has 0 aliphatic carbocycles. The summed E-state index contributed by atoms with van der Waals surface area (Å²) < 4.78 is 37.7. The Morgan fingerprint density at radius 2 is 1.90 bits per heavy atom. The molecular weight excluding hydrogens is 277 g/mol. The predicted octanol–water partition coefficient (Wildman–Crippen LogP) is 2.77. The Kier molecular flexibility index (Phi) is 4.35. The molecule has 0 unspecified atom stereocenters. The molecule has 0 bridgehead atoms. The normalized spacial score (nSPS) is 11.7. The van der Waals surface area contributed by atoms with Gasteiger partial charge in [0.15, 0.2) is 5.41 Å². The zero-order valence-electron chi connectivity index (χ0n) is 10.1. The Balaban J connectivity index is 2.89. The lowest BCUT2D eigenvalue weighted by Crippen LogP contribution is -2.25. The van der Waals surface area contributed by atoms with Gasteiger partial charge in [0.1, 0.15) is 0 Å². The summed E-state index contributed by atoms with van der Waals surface area (Å²) in [6.45, 7) is -0.357. The molecule has 1 rings (SSSR count). The number of nitrogens with zero attached hydrogens (tertiary/aromatic N) is 4. The standard InChI is InChI=1S/C11H9F3N4O2/c12-11(13,14)3-2-10(6-15,7-16)8-17-4-1-9(5-17)18(19)20/h1,4-5H,2-3,8H2. The minimum Gasteiger partial charge on any atom is -0.345 e. The molecule has 1 aromatic rings. The molecule has 0 aromatic carbocycles. The molecule has 1 aromatic heterocycles. The minimum atomic E-state index is -4.47. The molecule has 0 atom stereocenters. The van der Waals surface area contributed by atoms with Gasteiger partial charge in [-0.1, -0.05) is 0 Å². The van der Waals surface area contributed by atoms with Crippen LogP contribution in [-0.2, 0) is 6.54 Å². The molecular formula is C11H9F3N4O2. The third-order valence-electron chi connectivity index (χ3n) is 2.66. The molecule has 6 nitrogen and oxygen atoms in total. The van der Waals surface area contributed by atoms with E-state index in [2.05, 4.69) is 0 Å². The number of nitro groups is 1. The van der Waals surface area contributed by atoms with Crippen molar-refractivity contribution in [1.29, 1.82) is 10.5 Å². The van der Waals surface area contributed by atoms with Crippen molar-refractivity contribution in [3.63, 3.8) is 0 Å². The van der Waals surface area contributed by atoms with Crippen molar-refractivity contribution in [3.05, 3.63) is 28.6 Å². The summed E-state index contributed by atoms with van der Waals surface area (Å²) in [6, 6.07) is 4.29. The highest BCUT2D eigenvalue weighted by Gasteiger charge is 2.37. The number of hydrogen-bond acceptors (Lipinski definition) is 4. The first kappa shape index (κ1) is 15.5. The lowest BCUT2D eigenvalue weighted by molar-refractivity contribution is -0.384. The third-order valence-corrected chi connectivity index (χ3v) is 2.66. The highest BCUT2D eigenvalue weighted by molar-refractivity contribution is 5.26. The van der Waals surface area contributed by atoms with Gasteiger partial charge < -0.3 is 4.57 Å². The Labute approximate surface area is 111 Å². The van der Waals surface area contributed by atoms with Gasteiger partial charge in [0.25, 0.3) is 5.69 Å². The van der Waals surface area contributed by atoms with Crippen molar-refractivity contribution >= 4 is 5.69 Å². The van der Waals surface area contributed by atoms with Crippen LogP contribution in [0.5, 0.6) is 0 Å². The van der Waals surface area contributed by atoms with Crippen LogP contribution in [0.1, 0.15) is 12.8 Å². The number of aromatic nitrogens is 1. The van der Waals surface area contributed by atoms with Gasteiger partial charge in [-0.05, 0) is 6.42 Å². The summed E-state index contributed by atoms with van der Waals surface area (Å²) in [5, 5.41) is 28.4. The van der Waals surface area contributed by atoms with Gasteiger partial charge in [0.2, 0.25) is 0 Å². The Morgan fingerprint density at radius 1 is 1.30 bits per heavy atom. The van der Waals surface area contributed by atoms with E-state index >= 15 is 0 Å². The van der Waals surface area contributed by atoms with E-state index in [1.807, 2.05) is 0 Å². The fraction of sp³-hybridized carbons (Fsp3) is 0.455. The van der Waals surface area contributed by atoms with E-state index in [0.29, 0.717) is 0 Å². The number of halogens is 3. The minimum absolute atomic E-state index is 0.259. The average molecular weight is 286 g/mol. The van der Waals surface area contributed by atoms with Gasteiger partial charge >= 0.3 is 6.18 Å². The first-order chi connectivity index (χ1) is 9.21. The summed E-state index contributed by atoms with van der Waals surface area (Å²) >= 11 is 0. The Hall–Kier alpha value is -2.55. The fourth-order valence-corrected chi connectivity index (χ4v) is 1.59. The summed E-state index contributed by atoms with van der Waals surface area (Å²) in [7, 11) is 0. The maximum Gasteiger partial charge on any atom is 0.389 e. The van der Waals surface area contributed by atoms with Crippen LogP contribution in [0.2, 0.25) is 0 Å². The van der Waals surface area contributed by atoms with Crippen molar-refractivity contribution in [2.24, 2.45) is 5.41 Å².